The molecule has 0 spiro atoms. The highest BCUT2D eigenvalue weighted by Gasteiger charge is 2.65. The summed E-state index contributed by atoms with van der Waals surface area (Å²) < 4.78 is 4.85. The Morgan fingerprint density at radius 3 is 2.59 bits per heavy atom. The van der Waals surface area contributed by atoms with Crippen LogP contribution in [0.5, 0.6) is 0 Å². The predicted molar refractivity (Wildman–Crippen MR) is 104 cm³/mol. The Morgan fingerprint density at radius 2 is 1.90 bits per heavy atom. The number of carbonyl (C=O) groups excluding carboxylic acids is 4. The van der Waals surface area contributed by atoms with Crippen LogP contribution in [-0.2, 0) is 23.9 Å². The second kappa shape index (κ2) is 6.46. The molecule has 4 aliphatic rings. The lowest BCUT2D eigenvalue weighted by Crippen LogP contribution is -2.56. The predicted octanol–water partition coefficient (Wildman–Crippen LogP) is 2.62. The summed E-state index contributed by atoms with van der Waals surface area (Å²) in [6.07, 6.45) is 5.20. The smallest absolute Gasteiger partial charge is 0.303 e. The average molecular weight is 400 g/mol. The van der Waals surface area contributed by atoms with Gasteiger partial charge in [-0.1, -0.05) is 25.0 Å². The molecule has 0 saturated heterocycles. The van der Waals surface area contributed by atoms with Crippen molar-refractivity contribution in [1.82, 2.24) is 0 Å². The van der Waals surface area contributed by atoms with Gasteiger partial charge in [0.1, 0.15) is 5.60 Å². The topological polar surface area (TPSA) is 97.7 Å². The highest BCUT2D eigenvalue weighted by Crippen LogP contribution is 2.64. The van der Waals surface area contributed by atoms with Crippen molar-refractivity contribution in [2.45, 2.75) is 71.3 Å². The van der Waals surface area contributed by atoms with E-state index in [0.29, 0.717) is 25.7 Å². The summed E-state index contributed by atoms with van der Waals surface area (Å²) >= 11 is 0. The van der Waals surface area contributed by atoms with Gasteiger partial charge in [0.15, 0.2) is 18.2 Å². The Bertz CT molecular complexity index is 895. The maximum absolute atomic E-state index is 13.4. The standard InChI is InChI=1S/C23H28O6/c1-13(24)29-12-19(27)23(28)9-7-17-16-5-4-14-10-15(25)6-8-21(14,2)20(16)18(26)11-22(17,23)3/h10,17,28H,4-9,11-12H2,1-3H3/t17-,21-,22-,23-/m0/s1. The molecule has 0 amide bonds. The van der Waals surface area contributed by atoms with E-state index in [2.05, 4.69) is 6.92 Å². The molecule has 4 aliphatic carbocycles. The fourth-order valence-electron chi connectivity index (χ4n) is 6.42. The zero-order valence-corrected chi connectivity index (χ0v) is 17.3. The number of Topliss-reactive ketones (excluding diaryl/α,β-unsaturated/α-hetero) is 2. The Kier molecular flexibility index (Phi) is 4.50. The van der Waals surface area contributed by atoms with Gasteiger partial charge in [0, 0.05) is 36.2 Å². The minimum atomic E-state index is -1.68. The first kappa shape index (κ1) is 20.2. The Balaban J connectivity index is 1.74. The molecule has 0 radical (unpaired) electrons. The van der Waals surface area contributed by atoms with Gasteiger partial charge in [-0.25, -0.2) is 0 Å². The lowest BCUT2D eigenvalue weighted by Gasteiger charge is -2.51. The van der Waals surface area contributed by atoms with Gasteiger partial charge in [0.2, 0.25) is 5.78 Å². The molecule has 1 N–H and O–H groups in total. The summed E-state index contributed by atoms with van der Waals surface area (Å²) in [5.74, 6) is -1.06. The monoisotopic (exact) mass is 400 g/mol. The molecular weight excluding hydrogens is 372 g/mol. The molecule has 0 bridgehead atoms. The Hall–Kier alpha value is -2.08. The molecule has 1 saturated carbocycles. The summed E-state index contributed by atoms with van der Waals surface area (Å²) in [6, 6.07) is 0. The molecule has 4 atom stereocenters. The van der Waals surface area contributed by atoms with E-state index in [1.54, 1.807) is 6.08 Å². The lowest BCUT2D eigenvalue weighted by molar-refractivity contribution is -0.163. The largest absolute Gasteiger partial charge is 0.458 e. The highest BCUT2D eigenvalue weighted by atomic mass is 16.5. The van der Waals surface area contributed by atoms with E-state index in [4.69, 9.17) is 4.74 Å². The van der Waals surface area contributed by atoms with Crippen LogP contribution in [0, 0.1) is 16.7 Å². The van der Waals surface area contributed by atoms with Crippen molar-refractivity contribution < 1.29 is 29.0 Å². The summed E-state index contributed by atoms with van der Waals surface area (Å²) in [5, 5.41) is 11.4. The summed E-state index contributed by atoms with van der Waals surface area (Å²) in [6.45, 7) is 4.64. The number of esters is 1. The van der Waals surface area contributed by atoms with Gasteiger partial charge in [-0.2, -0.15) is 0 Å². The molecule has 1 fully saturated rings. The van der Waals surface area contributed by atoms with Gasteiger partial charge in [-0.05, 0) is 44.1 Å². The quantitative estimate of drug-likeness (QED) is 0.732. The number of allylic oxidation sites excluding steroid dienone is 4. The van der Waals surface area contributed by atoms with Crippen LogP contribution < -0.4 is 0 Å². The Morgan fingerprint density at radius 1 is 1.17 bits per heavy atom. The molecule has 0 aliphatic heterocycles. The number of fused-ring (bicyclic) bond motifs is 4. The van der Waals surface area contributed by atoms with Gasteiger partial charge in [0.25, 0.3) is 0 Å². The minimum Gasteiger partial charge on any atom is -0.458 e. The summed E-state index contributed by atoms with van der Waals surface area (Å²) in [5.41, 5.74) is -0.0647. The molecule has 0 unspecified atom stereocenters. The van der Waals surface area contributed by atoms with Crippen LogP contribution in [0.4, 0.5) is 0 Å². The average Bonchev–Trinajstić information content (AvgIpc) is 2.91. The normalized spacial score (nSPS) is 38.8. The van der Waals surface area contributed by atoms with E-state index in [1.807, 2.05) is 6.92 Å². The van der Waals surface area contributed by atoms with Crippen LogP contribution in [0.25, 0.3) is 0 Å². The van der Waals surface area contributed by atoms with Crippen LogP contribution in [0.1, 0.15) is 65.7 Å². The van der Waals surface area contributed by atoms with Crippen molar-refractivity contribution in [2.75, 3.05) is 6.61 Å². The fraction of sp³-hybridized carbons (Fsp3) is 0.652. The highest BCUT2D eigenvalue weighted by molar-refractivity contribution is 6.03. The molecule has 6 nitrogen and oxygen atoms in total. The number of hydrogen-bond donors (Lipinski definition) is 1. The minimum absolute atomic E-state index is 0.0261. The third-order valence-corrected chi connectivity index (χ3v) is 8.06. The van der Waals surface area contributed by atoms with Gasteiger partial charge in [0.05, 0.1) is 0 Å². The van der Waals surface area contributed by atoms with Crippen LogP contribution in [0.2, 0.25) is 0 Å². The zero-order valence-electron chi connectivity index (χ0n) is 17.3. The van der Waals surface area contributed by atoms with E-state index in [9.17, 15) is 24.3 Å². The van der Waals surface area contributed by atoms with Crippen LogP contribution >= 0.6 is 0 Å². The molecule has 0 aromatic heterocycles. The number of carbonyl (C=O) groups is 4. The van der Waals surface area contributed by atoms with E-state index in [1.165, 1.54) is 6.92 Å². The lowest BCUT2D eigenvalue weighted by atomic mass is 9.52. The van der Waals surface area contributed by atoms with Gasteiger partial charge in [-0.15, -0.1) is 0 Å². The van der Waals surface area contributed by atoms with Gasteiger partial charge < -0.3 is 9.84 Å². The van der Waals surface area contributed by atoms with Crippen molar-refractivity contribution >= 4 is 23.3 Å². The van der Waals surface area contributed by atoms with Crippen molar-refractivity contribution in [3.8, 4) is 0 Å². The molecule has 0 aromatic carbocycles. The third kappa shape index (κ3) is 2.71. The van der Waals surface area contributed by atoms with E-state index < -0.39 is 34.8 Å². The summed E-state index contributed by atoms with van der Waals surface area (Å²) in [4.78, 5) is 49.3. The van der Waals surface area contributed by atoms with E-state index in [0.717, 1.165) is 23.1 Å². The third-order valence-electron chi connectivity index (χ3n) is 8.06. The van der Waals surface area contributed by atoms with Crippen molar-refractivity contribution in [3.05, 3.63) is 22.8 Å². The first-order valence-corrected chi connectivity index (χ1v) is 10.4. The second-order valence-corrected chi connectivity index (χ2v) is 9.54. The van der Waals surface area contributed by atoms with Crippen LogP contribution in [0.3, 0.4) is 0 Å². The van der Waals surface area contributed by atoms with E-state index in [-0.39, 0.29) is 30.3 Å². The molecule has 29 heavy (non-hydrogen) atoms. The first-order chi connectivity index (χ1) is 13.5. The van der Waals surface area contributed by atoms with Crippen LogP contribution in [-0.4, -0.2) is 40.6 Å². The number of rotatable bonds is 3. The molecule has 0 aromatic rings. The maximum atomic E-state index is 13.4. The number of ether oxygens (including phenoxy) is 1. The molecule has 156 valence electrons. The molecular formula is C23H28O6. The van der Waals surface area contributed by atoms with Crippen molar-refractivity contribution in [1.29, 1.82) is 0 Å². The zero-order chi connectivity index (χ0) is 21.2. The second-order valence-electron chi connectivity index (χ2n) is 9.54. The maximum Gasteiger partial charge on any atom is 0.303 e. The number of hydrogen-bond acceptors (Lipinski definition) is 6. The number of ketones is 3. The number of aliphatic hydroxyl groups is 1. The molecule has 0 heterocycles. The summed E-state index contributed by atoms with van der Waals surface area (Å²) in [7, 11) is 0. The first-order valence-electron chi connectivity index (χ1n) is 10.4. The van der Waals surface area contributed by atoms with Gasteiger partial charge in [-0.3, -0.25) is 19.2 Å². The molecule has 6 heteroatoms. The SMILES string of the molecule is CC(=O)OCC(=O)[C@@]1(O)CC[C@H]2C3=C(C(=O)C[C@@]21C)[C@@]1(C)CCC(=O)C=C1CC3. The van der Waals surface area contributed by atoms with Gasteiger partial charge >= 0.3 is 5.97 Å². The molecule has 4 rings (SSSR count). The van der Waals surface area contributed by atoms with Crippen molar-refractivity contribution in [2.24, 2.45) is 16.7 Å². The Labute approximate surface area is 170 Å². The fourth-order valence-corrected chi connectivity index (χ4v) is 6.42. The van der Waals surface area contributed by atoms with E-state index >= 15 is 0 Å². The van der Waals surface area contributed by atoms with Crippen LogP contribution in [0.15, 0.2) is 22.8 Å². The van der Waals surface area contributed by atoms with Crippen molar-refractivity contribution in [3.63, 3.8) is 0 Å².